The quantitative estimate of drug-likeness (QED) is 0.452. The number of rotatable bonds is 2. The summed E-state index contributed by atoms with van der Waals surface area (Å²) in [6, 6.07) is 0. The average Bonchev–Trinajstić information content (AvgIpc) is 3.06. The van der Waals surface area contributed by atoms with Crippen molar-refractivity contribution >= 4 is 28.6 Å². The number of ether oxygens (including phenoxy) is 1. The highest BCUT2D eigenvalue weighted by atomic mass is 35.5. The van der Waals surface area contributed by atoms with Crippen LogP contribution in [0.25, 0.3) is 11.2 Å². The minimum absolute atomic E-state index is 0.117. The van der Waals surface area contributed by atoms with Gasteiger partial charge in [-0.25, -0.2) is 4.98 Å². The number of nitrogens with zero attached hydrogens (tertiary/aromatic N) is 3. The van der Waals surface area contributed by atoms with Gasteiger partial charge in [-0.05, 0) is 11.6 Å². The number of hydrogen-bond acceptors (Lipinski definition) is 8. The van der Waals surface area contributed by atoms with Gasteiger partial charge in [0.15, 0.2) is 11.5 Å². The van der Waals surface area contributed by atoms with Crippen LogP contribution in [-0.4, -0.2) is 73.8 Å². The molecule has 2 aromatic heterocycles. The predicted octanol–water partition coefficient (Wildman–Crippen LogP) is -0.853. The molecule has 0 bridgehead atoms. The zero-order chi connectivity index (χ0) is 15.4. The molecule has 1 saturated heterocycles. The highest BCUT2D eigenvalue weighted by Gasteiger charge is 2.33. The summed E-state index contributed by atoms with van der Waals surface area (Å²) < 4.78 is 4.78. The number of nitrogens with one attached hydrogen (secondary N) is 2. The molecule has 2 aromatic rings. The summed E-state index contributed by atoms with van der Waals surface area (Å²) in [5.74, 6) is 0.655. The Labute approximate surface area is 125 Å². The first kappa shape index (κ1) is 15.9. The number of aromatic amines is 1. The van der Waals surface area contributed by atoms with Gasteiger partial charge in [-0.3, -0.25) is 0 Å². The number of aliphatic hydroxyl groups excluding tert-OH is 3. The van der Waals surface area contributed by atoms with E-state index in [1.165, 1.54) is 0 Å². The Kier molecular flexibility index (Phi) is 5.26. The fraction of sp³-hybridized carbons (Fsp3) is 0.545. The number of halogens is 1. The average molecular weight is 318 g/mol. The van der Waals surface area contributed by atoms with Gasteiger partial charge >= 0.3 is 0 Å². The molecule has 0 unspecified atom stereocenters. The lowest BCUT2D eigenvalue weighted by atomic mass is 10.2. The third-order valence-electron chi connectivity index (χ3n) is 2.93. The van der Waals surface area contributed by atoms with Crippen LogP contribution in [0.4, 0.5) is 5.82 Å². The smallest absolute Gasteiger partial charge is 0.226 e. The maximum atomic E-state index is 8.92. The Morgan fingerprint density at radius 2 is 2.24 bits per heavy atom. The van der Waals surface area contributed by atoms with E-state index in [0.29, 0.717) is 11.5 Å². The largest absolute Gasteiger partial charge is 0.394 e. The van der Waals surface area contributed by atoms with Crippen LogP contribution in [0.15, 0.2) is 6.33 Å². The maximum absolute atomic E-state index is 8.92. The van der Waals surface area contributed by atoms with E-state index >= 15 is 0 Å². The Hall–Kier alpha value is -1.52. The van der Waals surface area contributed by atoms with Gasteiger partial charge in [0.2, 0.25) is 5.28 Å². The molecule has 5 N–H and O–H groups in total. The molecular weight excluding hydrogens is 302 g/mol. The highest BCUT2D eigenvalue weighted by Crippen LogP contribution is 2.17. The summed E-state index contributed by atoms with van der Waals surface area (Å²) in [6.07, 6.45) is -0.798. The van der Waals surface area contributed by atoms with Crippen LogP contribution in [0.2, 0.25) is 5.28 Å². The topological polar surface area (TPSA) is 136 Å². The van der Waals surface area contributed by atoms with E-state index < -0.39 is 18.3 Å². The van der Waals surface area contributed by atoms with Crippen molar-refractivity contribution in [2.75, 3.05) is 25.6 Å². The van der Waals surface area contributed by atoms with Crippen LogP contribution in [-0.2, 0) is 4.74 Å². The lowest BCUT2D eigenvalue weighted by molar-refractivity contribution is -0.00588. The molecule has 1 aliphatic heterocycles. The van der Waals surface area contributed by atoms with Crippen molar-refractivity contribution in [3.05, 3.63) is 11.6 Å². The molecule has 1 fully saturated rings. The Morgan fingerprint density at radius 3 is 2.76 bits per heavy atom. The van der Waals surface area contributed by atoms with Crippen molar-refractivity contribution in [2.45, 2.75) is 18.3 Å². The first-order valence-electron chi connectivity index (χ1n) is 6.19. The van der Waals surface area contributed by atoms with Gasteiger partial charge in [-0.2, -0.15) is 9.97 Å². The van der Waals surface area contributed by atoms with Gasteiger partial charge in [0.1, 0.15) is 23.8 Å². The molecule has 116 valence electrons. The van der Waals surface area contributed by atoms with Crippen LogP contribution in [0, 0.1) is 0 Å². The standard InChI is InChI=1S/C6H6ClN5.C5H10O4/c1-8-4-3-5(10-2-9-3)12-6(7)11-4;6-1-4-5(8)3(7)2-9-4/h2H,1H3,(H2,8,9,10,11,12);3-8H,1-2H2/t;3-,4+,5-/m.0/s1. The SMILES string of the molecule is CNc1nc(Cl)nc2nc[nH]c12.OC[C@H]1OC[C@H](O)[C@@H]1O. The van der Waals surface area contributed by atoms with Crippen molar-refractivity contribution in [1.29, 1.82) is 0 Å². The van der Waals surface area contributed by atoms with Gasteiger partial charge in [0.25, 0.3) is 0 Å². The zero-order valence-electron chi connectivity index (χ0n) is 11.2. The van der Waals surface area contributed by atoms with Crippen molar-refractivity contribution < 1.29 is 20.1 Å². The second-order valence-electron chi connectivity index (χ2n) is 4.30. The lowest BCUT2D eigenvalue weighted by Gasteiger charge is -2.10. The lowest BCUT2D eigenvalue weighted by Crippen LogP contribution is -2.31. The first-order chi connectivity index (χ1) is 10.1. The molecule has 0 radical (unpaired) electrons. The van der Waals surface area contributed by atoms with Gasteiger partial charge in [-0.15, -0.1) is 0 Å². The second kappa shape index (κ2) is 6.96. The van der Waals surface area contributed by atoms with Gasteiger partial charge in [0.05, 0.1) is 19.5 Å². The monoisotopic (exact) mass is 317 g/mol. The number of hydrogen-bond donors (Lipinski definition) is 5. The van der Waals surface area contributed by atoms with E-state index in [4.69, 9.17) is 31.7 Å². The molecular formula is C11H16ClN5O4. The van der Waals surface area contributed by atoms with Crippen molar-refractivity contribution in [1.82, 2.24) is 19.9 Å². The molecule has 9 nitrogen and oxygen atoms in total. The zero-order valence-corrected chi connectivity index (χ0v) is 11.9. The minimum Gasteiger partial charge on any atom is -0.394 e. The van der Waals surface area contributed by atoms with E-state index in [1.807, 2.05) is 0 Å². The van der Waals surface area contributed by atoms with Gasteiger partial charge < -0.3 is 30.4 Å². The van der Waals surface area contributed by atoms with Crippen LogP contribution in [0.5, 0.6) is 0 Å². The fourth-order valence-corrected chi connectivity index (χ4v) is 1.98. The molecule has 0 aliphatic carbocycles. The summed E-state index contributed by atoms with van der Waals surface area (Å²) >= 11 is 5.64. The van der Waals surface area contributed by atoms with E-state index in [9.17, 15) is 0 Å². The Balaban J connectivity index is 0.000000161. The third-order valence-corrected chi connectivity index (χ3v) is 3.10. The van der Waals surface area contributed by atoms with E-state index in [0.717, 1.165) is 5.52 Å². The number of anilines is 1. The number of H-pyrrole nitrogens is 1. The van der Waals surface area contributed by atoms with Crippen LogP contribution in [0.1, 0.15) is 0 Å². The molecule has 1 aliphatic rings. The number of aliphatic hydroxyl groups is 3. The first-order valence-corrected chi connectivity index (χ1v) is 6.57. The number of imidazole rings is 1. The van der Waals surface area contributed by atoms with Gasteiger partial charge in [-0.1, -0.05) is 0 Å². The van der Waals surface area contributed by atoms with E-state index in [1.54, 1.807) is 13.4 Å². The normalized spacial score (nSPS) is 24.7. The molecule has 3 rings (SSSR count). The molecule has 21 heavy (non-hydrogen) atoms. The van der Waals surface area contributed by atoms with Crippen molar-refractivity contribution in [2.24, 2.45) is 0 Å². The van der Waals surface area contributed by atoms with Crippen LogP contribution in [0.3, 0.4) is 0 Å². The van der Waals surface area contributed by atoms with Crippen molar-refractivity contribution in [3.63, 3.8) is 0 Å². The summed E-state index contributed by atoms with van der Waals surface area (Å²) in [7, 11) is 1.76. The van der Waals surface area contributed by atoms with E-state index in [-0.39, 0.29) is 18.5 Å². The summed E-state index contributed by atoms with van der Waals surface area (Å²) in [5.41, 5.74) is 1.33. The fourth-order valence-electron chi connectivity index (χ4n) is 1.82. The summed E-state index contributed by atoms with van der Waals surface area (Å²) in [4.78, 5) is 14.7. The van der Waals surface area contributed by atoms with E-state index in [2.05, 4.69) is 25.3 Å². The Morgan fingerprint density at radius 1 is 1.48 bits per heavy atom. The highest BCUT2D eigenvalue weighted by molar-refractivity contribution is 6.28. The summed E-state index contributed by atoms with van der Waals surface area (Å²) in [6.45, 7) is -0.120. The minimum atomic E-state index is -0.921. The van der Waals surface area contributed by atoms with Crippen LogP contribution >= 0.6 is 11.6 Å². The summed E-state index contributed by atoms with van der Waals surface area (Å²) in [5, 5.41) is 29.3. The molecule has 0 amide bonds. The second-order valence-corrected chi connectivity index (χ2v) is 4.64. The molecule has 0 spiro atoms. The van der Waals surface area contributed by atoms with Crippen LogP contribution < -0.4 is 5.32 Å². The number of aromatic nitrogens is 4. The predicted molar refractivity (Wildman–Crippen MR) is 75.1 cm³/mol. The van der Waals surface area contributed by atoms with Gasteiger partial charge in [0, 0.05) is 7.05 Å². The molecule has 0 saturated carbocycles. The number of fused-ring (bicyclic) bond motifs is 1. The molecule has 0 aromatic carbocycles. The third kappa shape index (κ3) is 3.57. The Bertz CT molecular complexity index is 595. The maximum Gasteiger partial charge on any atom is 0.226 e. The van der Waals surface area contributed by atoms with Crippen molar-refractivity contribution in [3.8, 4) is 0 Å². The molecule has 10 heteroatoms. The molecule has 3 atom stereocenters. The molecule has 3 heterocycles.